The largest absolute Gasteiger partial charge is 0.452 e. The maximum Gasteiger partial charge on any atom is 0.413 e. The minimum atomic E-state index is -0.450. The van der Waals surface area contributed by atoms with Gasteiger partial charge in [-0.05, 0) is 49.2 Å². The van der Waals surface area contributed by atoms with Gasteiger partial charge in [-0.25, -0.2) is 4.79 Å². The van der Waals surface area contributed by atoms with Crippen LogP contribution in [0.15, 0.2) is 53.4 Å². The Kier molecular flexibility index (Phi) is 6.95. The molecular formula is C21H24N2O4S. The Balaban J connectivity index is 1.65. The summed E-state index contributed by atoms with van der Waals surface area (Å²) in [7, 11) is 2.96. The van der Waals surface area contributed by atoms with Crippen molar-refractivity contribution in [2.75, 3.05) is 36.7 Å². The Hall–Kier alpha value is -2.51. The third kappa shape index (κ3) is 5.05. The molecule has 0 saturated carbocycles. The highest BCUT2D eigenvalue weighted by atomic mass is 32.2. The van der Waals surface area contributed by atoms with E-state index in [1.165, 1.54) is 12.0 Å². The second-order valence-corrected chi connectivity index (χ2v) is 7.53. The molecule has 1 aliphatic rings. The average Bonchev–Trinajstić information content (AvgIpc) is 3.25. The van der Waals surface area contributed by atoms with E-state index in [0.29, 0.717) is 16.9 Å². The molecule has 1 heterocycles. The van der Waals surface area contributed by atoms with Gasteiger partial charge >= 0.3 is 6.09 Å². The molecule has 28 heavy (non-hydrogen) atoms. The molecule has 3 rings (SSSR count). The molecule has 0 radical (unpaired) electrons. The van der Waals surface area contributed by atoms with Crippen molar-refractivity contribution in [2.24, 2.45) is 0 Å². The first-order valence-electron chi connectivity index (χ1n) is 9.15. The number of hydrogen-bond donors (Lipinski definition) is 1. The van der Waals surface area contributed by atoms with Crippen LogP contribution in [0, 0.1) is 0 Å². The number of methoxy groups -OCH3 is 1. The molecule has 1 unspecified atom stereocenters. The number of carbonyl (C=O) groups is 2. The van der Waals surface area contributed by atoms with Crippen molar-refractivity contribution in [3.8, 4) is 0 Å². The van der Waals surface area contributed by atoms with E-state index in [2.05, 4.69) is 5.32 Å². The molecule has 1 aliphatic heterocycles. The van der Waals surface area contributed by atoms with Crippen molar-refractivity contribution in [1.82, 2.24) is 0 Å². The zero-order chi connectivity index (χ0) is 19.9. The molecule has 0 aliphatic carbocycles. The van der Waals surface area contributed by atoms with Crippen LogP contribution < -0.4 is 10.2 Å². The first-order valence-corrected chi connectivity index (χ1v) is 10.1. The summed E-state index contributed by atoms with van der Waals surface area (Å²) < 4.78 is 10.4. The van der Waals surface area contributed by atoms with Gasteiger partial charge in [0.05, 0.1) is 18.8 Å². The molecular weight excluding hydrogens is 376 g/mol. The molecule has 2 amide bonds. The highest BCUT2D eigenvalue weighted by Crippen LogP contribution is 2.27. The quantitative estimate of drug-likeness (QED) is 0.728. The first-order chi connectivity index (χ1) is 13.6. The number of benzene rings is 2. The van der Waals surface area contributed by atoms with E-state index in [0.717, 1.165) is 30.1 Å². The van der Waals surface area contributed by atoms with E-state index in [1.54, 1.807) is 43.1 Å². The maximum absolute atomic E-state index is 12.8. The topological polar surface area (TPSA) is 67.9 Å². The minimum Gasteiger partial charge on any atom is -0.452 e. The standard InChI is InChI=1S/C21H24N2O4S/c1-23(21(25)26-2)16-11-9-15(10-12-16)22-20(24)18-7-3-4-8-19(18)28-14-17-6-5-13-27-17/h3-4,7-12,17H,5-6,13-14H2,1-2H3,(H,22,24). The summed E-state index contributed by atoms with van der Waals surface area (Å²) in [5.41, 5.74) is 1.98. The van der Waals surface area contributed by atoms with Gasteiger partial charge in [0.15, 0.2) is 0 Å². The maximum atomic E-state index is 12.8. The Morgan fingerprint density at radius 2 is 1.96 bits per heavy atom. The summed E-state index contributed by atoms with van der Waals surface area (Å²) in [5.74, 6) is 0.684. The fraction of sp³-hybridized carbons (Fsp3) is 0.333. The van der Waals surface area contributed by atoms with E-state index in [-0.39, 0.29) is 12.0 Å². The lowest BCUT2D eigenvalue weighted by molar-refractivity contribution is 0.102. The fourth-order valence-electron chi connectivity index (χ4n) is 2.95. The molecule has 1 saturated heterocycles. The Morgan fingerprint density at radius 3 is 2.64 bits per heavy atom. The van der Waals surface area contributed by atoms with Gasteiger partial charge in [-0.15, -0.1) is 11.8 Å². The molecule has 0 bridgehead atoms. The van der Waals surface area contributed by atoms with Gasteiger partial charge in [0, 0.05) is 35.7 Å². The summed E-state index contributed by atoms with van der Waals surface area (Å²) in [6.07, 6.45) is 2.00. The fourth-order valence-corrected chi connectivity index (χ4v) is 4.07. The lowest BCUT2D eigenvalue weighted by Gasteiger charge is -2.16. The molecule has 0 aromatic heterocycles. The highest BCUT2D eigenvalue weighted by Gasteiger charge is 2.18. The first kappa shape index (κ1) is 20.2. The van der Waals surface area contributed by atoms with Crippen LogP contribution in [-0.4, -0.2) is 44.6 Å². The van der Waals surface area contributed by atoms with Gasteiger partial charge in [-0.1, -0.05) is 12.1 Å². The molecule has 2 aromatic rings. The van der Waals surface area contributed by atoms with Crippen LogP contribution >= 0.6 is 11.8 Å². The van der Waals surface area contributed by atoms with Crippen molar-refractivity contribution in [1.29, 1.82) is 0 Å². The SMILES string of the molecule is COC(=O)N(C)c1ccc(NC(=O)c2ccccc2SCC2CCCO2)cc1. The lowest BCUT2D eigenvalue weighted by atomic mass is 10.2. The van der Waals surface area contributed by atoms with Crippen molar-refractivity contribution in [2.45, 2.75) is 23.8 Å². The normalized spacial score (nSPS) is 15.9. The predicted molar refractivity (Wildman–Crippen MR) is 111 cm³/mol. The van der Waals surface area contributed by atoms with E-state index in [1.807, 2.05) is 24.3 Å². The lowest BCUT2D eigenvalue weighted by Crippen LogP contribution is -2.25. The van der Waals surface area contributed by atoms with Crippen molar-refractivity contribution < 1.29 is 19.1 Å². The highest BCUT2D eigenvalue weighted by molar-refractivity contribution is 7.99. The molecule has 1 atom stereocenters. The molecule has 1 fully saturated rings. The van der Waals surface area contributed by atoms with E-state index in [9.17, 15) is 9.59 Å². The number of thioether (sulfide) groups is 1. The zero-order valence-electron chi connectivity index (χ0n) is 16.0. The molecule has 1 N–H and O–H groups in total. The van der Waals surface area contributed by atoms with Crippen LogP contribution in [-0.2, 0) is 9.47 Å². The van der Waals surface area contributed by atoms with Gasteiger partial charge in [-0.3, -0.25) is 9.69 Å². The number of hydrogen-bond acceptors (Lipinski definition) is 5. The van der Waals surface area contributed by atoms with Gasteiger partial charge in [0.25, 0.3) is 5.91 Å². The van der Waals surface area contributed by atoms with Crippen LogP contribution in [0.4, 0.5) is 16.2 Å². The Morgan fingerprint density at radius 1 is 1.21 bits per heavy atom. The van der Waals surface area contributed by atoms with Gasteiger partial charge in [0.2, 0.25) is 0 Å². The van der Waals surface area contributed by atoms with Gasteiger partial charge in [0.1, 0.15) is 0 Å². The minimum absolute atomic E-state index is 0.162. The van der Waals surface area contributed by atoms with Gasteiger partial charge in [-0.2, -0.15) is 0 Å². The van der Waals surface area contributed by atoms with E-state index in [4.69, 9.17) is 9.47 Å². The monoisotopic (exact) mass is 400 g/mol. The summed E-state index contributed by atoms with van der Waals surface area (Å²) in [4.78, 5) is 26.7. The van der Waals surface area contributed by atoms with Gasteiger partial charge < -0.3 is 14.8 Å². The number of anilines is 2. The molecule has 6 nitrogen and oxygen atoms in total. The van der Waals surface area contributed by atoms with E-state index < -0.39 is 6.09 Å². The summed E-state index contributed by atoms with van der Waals surface area (Å²) in [6, 6.07) is 14.6. The smallest absolute Gasteiger partial charge is 0.413 e. The summed E-state index contributed by atoms with van der Waals surface area (Å²) >= 11 is 1.65. The summed E-state index contributed by atoms with van der Waals surface area (Å²) in [5, 5.41) is 2.92. The molecule has 148 valence electrons. The third-order valence-corrected chi connectivity index (χ3v) is 5.75. The third-order valence-electron chi connectivity index (χ3n) is 4.54. The predicted octanol–water partition coefficient (Wildman–Crippen LogP) is 4.41. The van der Waals surface area contributed by atoms with Crippen molar-refractivity contribution >= 4 is 35.1 Å². The second-order valence-electron chi connectivity index (χ2n) is 6.47. The number of carbonyl (C=O) groups excluding carboxylic acids is 2. The van der Waals surface area contributed by atoms with Crippen LogP contribution in [0.3, 0.4) is 0 Å². The number of nitrogens with one attached hydrogen (secondary N) is 1. The number of nitrogens with zero attached hydrogens (tertiary/aromatic N) is 1. The van der Waals surface area contributed by atoms with Crippen molar-refractivity contribution in [3.05, 3.63) is 54.1 Å². The molecule has 2 aromatic carbocycles. The Bertz CT molecular complexity index is 819. The van der Waals surface area contributed by atoms with Crippen LogP contribution in [0.5, 0.6) is 0 Å². The van der Waals surface area contributed by atoms with Crippen molar-refractivity contribution in [3.63, 3.8) is 0 Å². The molecule has 0 spiro atoms. The average molecular weight is 401 g/mol. The molecule has 7 heteroatoms. The van der Waals surface area contributed by atoms with Crippen LogP contribution in [0.1, 0.15) is 23.2 Å². The number of ether oxygens (including phenoxy) is 2. The summed E-state index contributed by atoms with van der Waals surface area (Å²) in [6.45, 7) is 0.828. The number of amides is 2. The van der Waals surface area contributed by atoms with Crippen LogP contribution in [0.2, 0.25) is 0 Å². The Labute approximate surface area is 169 Å². The number of rotatable bonds is 6. The second kappa shape index (κ2) is 9.61. The van der Waals surface area contributed by atoms with Crippen LogP contribution in [0.25, 0.3) is 0 Å². The van der Waals surface area contributed by atoms with E-state index >= 15 is 0 Å². The zero-order valence-corrected chi connectivity index (χ0v) is 16.8.